The minimum atomic E-state index is -0.178. The Morgan fingerprint density at radius 2 is 2.20 bits per heavy atom. The van der Waals surface area contributed by atoms with E-state index in [1.807, 2.05) is 26.0 Å². The molecule has 1 N–H and O–H groups in total. The van der Waals surface area contributed by atoms with E-state index in [2.05, 4.69) is 12.2 Å². The molecule has 1 rings (SSSR count). The fraction of sp³-hybridized carbons (Fsp3) is 0.385. The Balaban J connectivity index is 2.82. The average molecular weight is 207 g/mol. The van der Waals surface area contributed by atoms with Crippen LogP contribution in [0.5, 0.6) is 0 Å². The van der Waals surface area contributed by atoms with Crippen LogP contribution in [0.15, 0.2) is 23.8 Å². The van der Waals surface area contributed by atoms with Crippen molar-refractivity contribution in [1.82, 2.24) is 5.32 Å². The topological polar surface area (TPSA) is 12.0 Å². The molecule has 1 nitrogen and oxygen atoms in total. The molecule has 0 bridgehead atoms. The first kappa shape index (κ1) is 11.9. The van der Waals surface area contributed by atoms with E-state index in [0.29, 0.717) is 0 Å². The van der Waals surface area contributed by atoms with Crippen molar-refractivity contribution in [2.45, 2.75) is 20.8 Å². The number of benzene rings is 1. The minimum Gasteiger partial charge on any atom is -0.313 e. The second kappa shape index (κ2) is 5.66. The summed E-state index contributed by atoms with van der Waals surface area (Å²) < 4.78 is 13.0. The molecule has 0 fully saturated rings. The van der Waals surface area contributed by atoms with Gasteiger partial charge in [-0.05, 0) is 43.7 Å². The van der Waals surface area contributed by atoms with Crippen LogP contribution in [0.3, 0.4) is 0 Å². The predicted molar refractivity (Wildman–Crippen MR) is 63.3 cm³/mol. The molecule has 0 saturated heterocycles. The molecule has 0 spiro atoms. The highest BCUT2D eigenvalue weighted by atomic mass is 19.1. The maximum Gasteiger partial charge on any atom is 0.123 e. The van der Waals surface area contributed by atoms with E-state index in [4.69, 9.17) is 0 Å². The van der Waals surface area contributed by atoms with Crippen LogP contribution in [0, 0.1) is 12.7 Å². The second-order valence-electron chi connectivity index (χ2n) is 3.77. The lowest BCUT2D eigenvalue weighted by atomic mass is 10.1. The maximum atomic E-state index is 13.0. The van der Waals surface area contributed by atoms with Crippen LogP contribution in [0.2, 0.25) is 0 Å². The molecule has 1 aromatic carbocycles. The molecular weight excluding hydrogens is 189 g/mol. The van der Waals surface area contributed by atoms with Gasteiger partial charge in [-0.3, -0.25) is 0 Å². The molecule has 1 aromatic rings. The van der Waals surface area contributed by atoms with Gasteiger partial charge in [0.15, 0.2) is 0 Å². The van der Waals surface area contributed by atoms with E-state index in [0.717, 1.165) is 24.2 Å². The zero-order valence-electron chi connectivity index (χ0n) is 9.60. The minimum absolute atomic E-state index is 0.178. The number of hydrogen-bond donors (Lipinski definition) is 1. The van der Waals surface area contributed by atoms with Gasteiger partial charge in [0, 0.05) is 6.54 Å². The lowest BCUT2D eigenvalue weighted by Gasteiger charge is -2.04. The Morgan fingerprint density at radius 1 is 1.47 bits per heavy atom. The molecule has 0 aliphatic heterocycles. The summed E-state index contributed by atoms with van der Waals surface area (Å²) in [5, 5.41) is 3.24. The third-order valence-electron chi connectivity index (χ3n) is 2.30. The standard InChI is InChI=1S/C13H18FN/c1-4-15-9-10(2)7-12-8-13(14)6-5-11(12)3/h5-8,15H,4,9H2,1-3H3/b10-7+. The van der Waals surface area contributed by atoms with Gasteiger partial charge in [-0.1, -0.05) is 24.6 Å². The van der Waals surface area contributed by atoms with Crippen molar-refractivity contribution in [3.05, 3.63) is 40.7 Å². The van der Waals surface area contributed by atoms with Crippen molar-refractivity contribution in [1.29, 1.82) is 0 Å². The molecule has 2 heteroatoms. The number of hydrogen-bond acceptors (Lipinski definition) is 1. The van der Waals surface area contributed by atoms with Gasteiger partial charge in [-0.2, -0.15) is 0 Å². The zero-order chi connectivity index (χ0) is 11.3. The Bertz CT molecular complexity index is 356. The molecule has 0 saturated carbocycles. The third-order valence-corrected chi connectivity index (χ3v) is 2.30. The van der Waals surface area contributed by atoms with E-state index in [1.54, 1.807) is 6.07 Å². The second-order valence-corrected chi connectivity index (χ2v) is 3.77. The van der Waals surface area contributed by atoms with Gasteiger partial charge in [-0.25, -0.2) is 4.39 Å². The number of rotatable bonds is 4. The summed E-state index contributed by atoms with van der Waals surface area (Å²) >= 11 is 0. The van der Waals surface area contributed by atoms with Crippen molar-refractivity contribution < 1.29 is 4.39 Å². The van der Waals surface area contributed by atoms with Gasteiger partial charge in [-0.15, -0.1) is 0 Å². The summed E-state index contributed by atoms with van der Waals surface area (Å²) in [5.41, 5.74) is 3.28. The SMILES string of the molecule is CCNC/C(C)=C/c1cc(F)ccc1C. The smallest absolute Gasteiger partial charge is 0.123 e. The number of aryl methyl sites for hydroxylation is 1. The Hall–Kier alpha value is -1.15. The monoisotopic (exact) mass is 207 g/mol. The van der Waals surface area contributed by atoms with Crippen LogP contribution in [0.4, 0.5) is 4.39 Å². The molecule has 0 radical (unpaired) electrons. The average Bonchev–Trinajstić information content (AvgIpc) is 2.20. The number of nitrogens with one attached hydrogen (secondary N) is 1. The molecule has 0 atom stereocenters. The van der Waals surface area contributed by atoms with E-state index in [1.165, 1.54) is 11.6 Å². The van der Waals surface area contributed by atoms with E-state index in [9.17, 15) is 4.39 Å². The van der Waals surface area contributed by atoms with Gasteiger partial charge in [0.25, 0.3) is 0 Å². The number of halogens is 1. The summed E-state index contributed by atoms with van der Waals surface area (Å²) in [7, 11) is 0. The first-order valence-corrected chi connectivity index (χ1v) is 5.27. The molecule has 0 aromatic heterocycles. The van der Waals surface area contributed by atoms with Crippen LogP contribution in [0.1, 0.15) is 25.0 Å². The van der Waals surface area contributed by atoms with Crippen LogP contribution in [-0.2, 0) is 0 Å². The van der Waals surface area contributed by atoms with Crippen molar-refractivity contribution in [3.63, 3.8) is 0 Å². The summed E-state index contributed by atoms with van der Waals surface area (Å²) in [6.07, 6.45) is 2.03. The molecule has 0 amide bonds. The van der Waals surface area contributed by atoms with Crippen LogP contribution >= 0.6 is 0 Å². The first-order chi connectivity index (χ1) is 7.13. The lowest BCUT2D eigenvalue weighted by Crippen LogP contribution is -2.14. The van der Waals surface area contributed by atoms with Crippen molar-refractivity contribution in [2.75, 3.05) is 13.1 Å². The molecule has 0 aliphatic rings. The van der Waals surface area contributed by atoms with E-state index in [-0.39, 0.29) is 5.82 Å². The maximum absolute atomic E-state index is 13.0. The van der Waals surface area contributed by atoms with Gasteiger partial charge >= 0.3 is 0 Å². The third kappa shape index (κ3) is 3.84. The normalized spacial score (nSPS) is 11.9. The van der Waals surface area contributed by atoms with Crippen LogP contribution < -0.4 is 5.32 Å². The van der Waals surface area contributed by atoms with Crippen molar-refractivity contribution in [3.8, 4) is 0 Å². The van der Waals surface area contributed by atoms with Crippen molar-refractivity contribution >= 4 is 6.08 Å². The summed E-state index contributed by atoms with van der Waals surface area (Å²) in [5.74, 6) is -0.178. The summed E-state index contributed by atoms with van der Waals surface area (Å²) in [4.78, 5) is 0. The molecule has 0 unspecified atom stereocenters. The predicted octanol–water partition coefficient (Wildman–Crippen LogP) is 3.15. The molecule has 82 valence electrons. The molecule has 15 heavy (non-hydrogen) atoms. The largest absolute Gasteiger partial charge is 0.313 e. The zero-order valence-corrected chi connectivity index (χ0v) is 9.60. The van der Waals surface area contributed by atoms with E-state index >= 15 is 0 Å². The Morgan fingerprint density at radius 3 is 2.87 bits per heavy atom. The molecule has 0 aliphatic carbocycles. The summed E-state index contributed by atoms with van der Waals surface area (Å²) in [6, 6.07) is 4.87. The number of likely N-dealkylation sites (N-methyl/N-ethyl adjacent to an activating group) is 1. The van der Waals surface area contributed by atoms with Gasteiger partial charge in [0.05, 0.1) is 0 Å². The first-order valence-electron chi connectivity index (χ1n) is 5.27. The summed E-state index contributed by atoms with van der Waals surface area (Å²) in [6.45, 7) is 7.92. The highest BCUT2D eigenvalue weighted by Crippen LogP contribution is 2.13. The van der Waals surface area contributed by atoms with Gasteiger partial charge < -0.3 is 5.32 Å². The van der Waals surface area contributed by atoms with Gasteiger partial charge in [0.2, 0.25) is 0 Å². The Labute approximate surface area is 91.0 Å². The quantitative estimate of drug-likeness (QED) is 0.799. The van der Waals surface area contributed by atoms with Crippen molar-refractivity contribution in [2.24, 2.45) is 0 Å². The molecular formula is C13H18FN. The fourth-order valence-electron chi connectivity index (χ4n) is 1.41. The Kier molecular flexibility index (Phi) is 4.50. The molecule has 0 heterocycles. The van der Waals surface area contributed by atoms with Crippen LogP contribution in [-0.4, -0.2) is 13.1 Å². The van der Waals surface area contributed by atoms with E-state index < -0.39 is 0 Å². The lowest BCUT2D eigenvalue weighted by molar-refractivity contribution is 0.627. The fourth-order valence-corrected chi connectivity index (χ4v) is 1.41. The highest BCUT2D eigenvalue weighted by Gasteiger charge is 1.98. The van der Waals surface area contributed by atoms with Crippen LogP contribution in [0.25, 0.3) is 6.08 Å². The van der Waals surface area contributed by atoms with Gasteiger partial charge in [0.1, 0.15) is 5.82 Å². The highest BCUT2D eigenvalue weighted by molar-refractivity contribution is 5.56.